The lowest BCUT2D eigenvalue weighted by Crippen LogP contribution is -1.97. The maximum atomic E-state index is 10.9. The summed E-state index contributed by atoms with van der Waals surface area (Å²) in [5.41, 5.74) is 0.214. The van der Waals surface area contributed by atoms with E-state index in [1.54, 1.807) is 12.1 Å². The van der Waals surface area contributed by atoms with Gasteiger partial charge in [-0.2, -0.15) is 0 Å². The number of halogens is 1. The van der Waals surface area contributed by atoms with Gasteiger partial charge in [0, 0.05) is 9.92 Å². The van der Waals surface area contributed by atoms with Crippen LogP contribution >= 0.6 is 23.4 Å². The molecule has 0 saturated carbocycles. The first-order valence-electron chi connectivity index (χ1n) is 4.85. The van der Waals surface area contributed by atoms with E-state index in [0.29, 0.717) is 16.5 Å². The van der Waals surface area contributed by atoms with E-state index in [2.05, 4.69) is 0 Å². The Morgan fingerprint density at radius 2 is 2.00 bits per heavy atom. The number of aromatic carboxylic acids is 1. The van der Waals surface area contributed by atoms with Crippen LogP contribution in [0, 0.1) is 0 Å². The molecular weight excluding hydrogens is 260 g/mol. The van der Waals surface area contributed by atoms with Gasteiger partial charge in [-0.25, -0.2) is 4.79 Å². The van der Waals surface area contributed by atoms with Gasteiger partial charge >= 0.3 is 5.97 Å². The highest BCUT2D eigenvalue weighted by Gasteiger charge is 2.13. The molecule has 1 heterocycles. The highest BCUT2D eigenvalue weighted by atomic mass is 35.5. The molecule has 0 unspecified atom stereocenters. The normalized spacial score (nSPS) is 10.4. The van der Waals surface area contributed by atoms with Crippen LogP contribution in [0.4, 0.5) is 0 Å². The first kappa shape index (κ1) is 12.1. The molecule has 1 aromatic heterocycles. The third-order valence-corrected chi connectivity index (χ3v) is 3.42. The Morgan fingerprint density at radius 1 is 1.29 bits per heavy atom. The molecule has 0 spiro atoms. The number of rotatable bonds is 4. The largest absolute Gasteiger partial charge is 0.478 e. The molecule has 2 aromatic rings. The molecule has 0 aliphatic carbocycles. The van der Waals surface area contributed by atoms with Crippen LogP contribution in [-0.2, 0) is 5.75 Å². The van der Waals surface area contributed by atoms with E-state index >= 15 is 0 Å². The second kappa shape index (κ2) is 5.29. The zero-order chi connectivity index (χ0) is 12.3. The number of carboxylic acid groups (broad SMARTS) is 1. The Hall–Kier alpha value is -1.39. The van der Waals surface area contributed by atoms with Crippen molar-refractivity contribution >= 4 is 29.3 Å². The van der Waals surface area contributed by atoms with Crippen LogP contribution < -0.4 is 0 Å². The lowest BCUT2D eigenvalue weighted by molar-refractivity contribution is 0.0695. The lowest BCUT2D eigenvalue weighted by Gasteiger charge is -2.00. The van der Waals surface area contributed by atoms with Gasteiger partial charge < -0.3 is 9.52 Å². The Kier molecular flexibility index (Phi) is 3.76. The summed E-state index contributed by atoms with van der Waals surface area (Å²) in [5, 5.41) is 9.58. The SMILES string of the molecule is O=C(O)c1ccoc1CSc1ccc(Cl)cc1. The Labute approximate surface area is 107 Å². The van der Waals surface area contributed by atoms with Crippen molar-refractivity contribution in [1.82, 2.24) is 0 Å². The van der Waals surface area contributed by atoms with E-state index < -0.39 is 5.97 Å². The fourth-order valence-electron chi connectivity index (χ4n) is 1.32. The van der Waals surface area contributed by atoms with E-state index in [1.165, 1.54) is 24.1 Å². The number of thioether (sulfide) groups is 1. The number of hydrogen-bond donors (Lipinski definition) is 1. The molecular formula is C12H9ClO3S. The maximum Gasteiger partial charge on any atom is 0.339 e. The molecule has 0 amide bonds. The molecule has 3 nitrogen and oxygen atoms in total. The monoisotopic (exact) mass is 268 g/mol. The minimum atomic E-state index is -0.967. The van der Waals surface area contributed by atoms with Crippen molar-refractivity contribution in [1.29, 1.82) is 0 Å². The first-order chi connectivity index (χ1) is 8.16. The Balaban J connectivity index is 2.05. The Morgan fingerprint density at radius 3 is 2.65 bits per heavy atom. The minimum Gasteiger partial charge on any atom is -0.478 e. The predicted molar refractivity (Wildman–Crippen MR) is 66.7 cm³/mol. The third-order valence-electron chi connectivity index (χ3n) is 2.16. The first-order valence-corrected chi connectivity index (χ1v) is 6.21. The highest BCUT2D eigenvalue weighted by molar-refractivity contribution is 7.98. The van der Waals surface area contributed by atoms with Crippen molar-refractivity contribution in [3.05, 3.63) is 52.9 Å². The number of benzene rings is 1. The molecule has 0 saturated heterocycles. The molecule has 0 radical (unpaired) electrons. The number of hydrogen-bond acceptors (Lipinski definition) is 3. The summed E-state index contributed by atoms with van der Waals surface area (Å²) in [4.78, 5) is 11.9. The van der Waals surface area contributed by atoms with Crippen molar-refractivity contribution < 1.29 is 14.3 Å². The van der Waals surface area contributed by atoms with Gasteiger partial charge in [0.25, 0.3) is 0 Å². The average molecular weight is 269 g/mol. The van der Waals surface area contributed by atoms with E-state index in [0.717, 1.165) is 4.90 Å². The van der Waals surface area contributed by atoms with Crippen molar-refractivity contribution in [2.45, 2.75) is 10.6 Å². The van der Waals surface area contributed by atoms with Gasteiger partial charge in [-0.05, 0) is 30.3 Å². The molecule has 1 aromatic carbocycles. The summed E-state index contributed by atoms with van der Waals surface area (Å²) in [6.45, 7) is 0. The summed E-state index contributed by atoms with van der Waals surface area (Å²) >= 11 is 7.28. The molecule has 88 valence electrons. The predicted octanol–water partition coefficient (Wildman–Crippen LogP) is 3.92. The van der Waals surface area contributed by atoms with Crippen LogP contribution in [0.1, 0.15) is 16.1 Å². The van der Waals surface area contributed by atoms with Crippen LogP contribution in [0.25, 0.3) is 0 Å². The molecule has 5 heteroatoms. The summed E-state index contributed by atoms with van der Waals surface area (Å²) in [6.07, 6.45) is 1.39. The molecule has 0 aliphatic heterocycles. The standard InChI is InChI=1S/C12H9ClO3S/c13-8-1-3-9(4-2-8)17-7-11-10(12(14)15)5-6-16-11/h1-6H,7H2,(H,14,15). The molecule has 0 bridgehead atoms. The number of furan rings is 1. The number of carboxylic acids is 1. The number of carbonyl (C=O) groups is 1. The van der Waals surface area contributed by atoms with Crippen LogP contribution in [0.3, 0.4) is 0 Å². The van der Waals surface area contributed by atoms with E-state index in [1.807, 2.05) is 12.1 Å². The second-order valence-corrected chi connectivity index (χ2v) is 4.79. The zero-order valence-electron chi connectivity index (χ0n) is 8.72. The summed E-state index contributed by atoms with van der Waals surface area (Å²) in [5.74, 6) is -0.0149. The topological polar surface area (TPSA) is 50.4 Å². The summed E-state index contributed by atoms with van der Waals surface area (Å²) in [7, 11) is 0. The van der Waals surface area contributed by atoms with E-state index in [-0.39, 0.29) is 5.56 Å². The van der Waals surface area contributed by atoms with Crippen molar-refractivity contribution in [3.63, 3.8) is 0 Å². The van der Waals surface area contributed by atoms with Gasteiger partial charge in [-0.15, -0.1) is 11.8 Å². The maximum absolute atomic E-state index is 10.9. The van der Waals surface area contributed by atoms with Gasteiger partial charge in [-0.3, -0.25) is 0 Å². The van der Waals surface area contributed by atoms with Gasteiger partial charge in [0.2, 0.25) is 0 Å². The summed E-state index contributed by atoms with van der Waals surface area (Å²) < 4.78 is 5.14. The third kappa shape index (κ3) is 3.05. The van der Waals surface area contributed by atoms with Crippen molar-refractivity contribution in [2.75, 3.05) is 0 Å². The molecule has 1 N–H and O–H groups in total. The minimum absolute atomic E-state index is 0.214. The average Bonchev–Trinajstić information content (AvgIpc) is 2.76. The van der Waals surface area contributed by atoms with Crippen LogP contribution in [-0.4, -0.2) is 11.1 Å². The Bertz CT molecular complexity index is 519. The van der Waals surface area contributed by atoms with Crippen molar-refractivity contribution in [2.24, 2.45) is 0 Å². The van der Waals surface area contributed by atoms with Gasteiger partial charge in [0.1, 0.15) is 11.3 Å². The smallest absolute Gasteiger partial charge is 0.339 e. The molecule has 17 heavy (non-hydrogen) atoms. The van der Waals surface area contributed by atoms with E-state index in [4.69, 9.17) is 21.1 Å². The molecule has 0 aliphatic rings. The zero-order valence-corrected chi connectivity index (χ0v) is 10.3. The van der Waals surface area contributed by atoms with Gasteiger partial charge in [0.15, 0.2) is 0 Å². The van der Waals surface area contributed by atoms with Gasteiger partial charge in [-0.1, -0.05) is 11.6 Å². The highest BCUT2D eigenvalue weighted by Crippen LogP contribution is 2.26. The fourth-order valence-corrected chi connectivity index (χ4v) is 2.30. The lowest BCUT2D eigenvalue weighted by atomic mass is 10.3. The molecule has 0 fully saturated rings. The fraction of sp³-hybridized carbons (Fsp3) is 0.0833. The molecule has 2 rings (SSSR count). The van der Waals surface area contributed by atoms with Crippen LogP contribution in [0.15, 0.2) is 45.9 Å². The van der Waals surface area contributed by atoms with Crippen molar-refractivity contribution in [3.8, 4) is 0 Å². The summed E-state index contributed by atoms with van der Waals surface area (Å²) in [6, 6.07) is 8.82. The second-order valence-electron chi connectivity index (χ2n) is 3.31. The van der Waals surface area contributed by atoms with Crippen LogP contribution in [0.5, 0.6) is 0 Å². The van der Waals surface area contributed by atoms with E-state index in [9.17, 15) is 4.79 Å². The quantitative estimate of drug-likeness (QED) is 0.854. The molecule has 0 atom stereocenters. The van der Waals surface area contributed by atoms with Gasteiger partial charge in [0.05, 0.1) is 12.0 Å². The van der Waals surface area contributed by atoms with Crippen LogP contribution in [0.2, 0.25) is 5.02 Å².